The zero-order chi connectivity index (χ0) is 11.7. The molecule has 3 rings (SSSR count). The Balaban J connectivity index is 2.11. The minimum Gasteiger partial charge on any atom is -0.492 e. The number of aryl methyl sites for hydroxylation is 1. The summed E-state index contributed by atoms with van der Waals surface area (Å²) in [6.45, 7) is 0.775. The van der Waals surface area contributed by atoms with E-state index in [4.69, 9.17) is 16.3 Å². The SMILES string of the molecule is Clc1cc(-c2ccccc2)cc2c1OCCC2. The Kier molecular flexibility index (Phi) is 2.77. The van der Waals surface area contributed by atoms with E-state index in [0.717, 1.165) is 30.2 Å². The molecule has 0 saturated heterocycles. The van der Waals surface area contributed by atoms with Gasteiger partial charge in [-0.25, -0.2) is 0 Å². The number of rotatable bonds is 1. The average molecular weight is 245 g/mol. The van der Waals surface area contributed by atoms with E-state index in [2.05, 4.69) is 18.2 Å². The largest absolute Gasteiger partial charge is 0.492 e. The van der Waals surface area contributed by atoms with E-state index in [1.54, 1.807) is 0 Å². The molecular weight excluding hydrogens is 232 g/mol. The molecule has 17 heavy (non-hydrogen) atoms. The number of hydrogen-bond acceptors (Lipinski definition) is 1. The summed E-state index contributed by atoms with van der Waals surface area (Å²) in [4.78, 5) is 0. The van der Waals surface area contributed by atoms with E-state index in [9.17, 15) is 0 Å². The zero-order valence-corrected chi connectivity index (χ0v) is 10.2. The predicted molar refractivity (Wildman–Crippen MR) is 70.7 cm³/mol. The maximum atomic E-state index is 6.27. The first-order valence-corrected chi connectivity index (χ1v) is 6.23. The number of ether oxygens (including phenoxy) is 1. The molecule has 0 N–H and O–H groups in total. The normalized spacial score (nSPS) is 13.9. The van der Waals surface area contributed by atoms with Crippen LogP contribution in [0.3, 0.4) is 0 Å². The van der Waals surface area contributed by atoms with Gasteiger partial charge in [-0.3, -0.25) is 0 Å². The van der Waals surface area contributed by atoms with Crippen LogP contribution in [0.5, 0.6) is 5.75 Å². The van der Waals surface area contributed by atoms with Crippen LogP contribution in [0.15, 0.2) is 42.5 Å². The van der Waals surface area contributed by atoms with Crippen molar-refractivity contribution in [3.8, 4) is 16.9 Å². The molecule has 0 aliphatic carbocycles. The topological polar surface area (TPSA) is 9.23 Å². The van der Waals surface area contributed by atoms with Gasteiger partial charge in [0.1, 0.15) is 5.75 Å². The lowest BCUT2D eigenvalue weighted by molar-refractivity contribution is 0.288. The fraction of sp³-hybridized carbons (Fsp3) is 0.200. The van der Waals surface area contributed by atoms with Crippen molar-refractivity contribution in [2.45, 2.75) is 12.8 Å². The summed E-state index contributed by atoms with van der Waals surface area (Å²) in [5.74, 6) is 0.873. The first-order chi connectivity index (χ1) is 8.34. The molecule has 0 spiro atoms. The molecule has 2 heteroatoms. The van der Waals surface area contributed by atoms with Crippen molar-refractivity contribution < 1.29 is 4.74 Å². The van der Waals surface area contributed by atoms with E-state index in [-0.39, 0.29) is 0 Å². The monoisotopic (exact) mass is 244 g/mol. The Morgan fingerprint density at radius 1 is 1.00 bits per heavy atom. The van der Waals surface area contributed by atoms with E-state index in [0.29, 0.717) is 0 Å². The third-order valence-electron chi connectivity index (χ3n) is 3.06. The molecule has 0 aromatic heterocycles. The summed E-state index contributed by atoms with van der Waals surface area (Å²) in [7, 11) is 0. The van der Waals surface area contributed by atoms with Crippen LogP contribution >= 0.6 is 11.6 Å². The highest BCUT2D eigenvalue weighted by Crippen LogP contribution is 2.36. The highest BCUT2D eigenvalue weighted by molar-refractivity contribution is 6.32. The molecule has 1 aliphatic rings. The molecule has 0 bridgehead atoms. The van der Waals surface area contributed by atoms with Crippen LogP contribution in [0.2, 0.25) is 5.02 Å². The Morgan fingerprint density at radius 2 is 1.82 bits per heavy atom. The van der Waals surface area contributed by atoms with Crippen LogP contribution in [0.4, 0.5) is 0 Å². The van der Waals surface area contributed by atoms with E-state index < -0.39 is 0 Å². The molecule has 0 saturated carbocycles. The summed E-state index contributed by atoms with van der Waals surface area (Å²) >= 11 is 6.27. The van der Waals surface area contributed by atoms with Crippen LogP contribution in [0.1, 0.15) is 12.0 Å². The molecule has 1 aliphatic heterocycles. The number of halogens is 1. The standard InChI is InChI=1S/C15H13ClO/c16-14-10-13(11-5-2-1-3-6-11)9-12-7-4-8-17-15(12)14/h1-3,5-6,9-10H,4,7-8H2. The second-order valence-corrected chi connectivity index (χ2v) is 4.67. The molecule has 1 nitrogen and oxygen atoms in total. The molecule has 0 atom stereocenters. The first kappa shape index (κ1) is 10.7. The molecular formula is C15H13ClO. The van der Waals surface area contributed by atoms with Crippen LogP contribution in [0, 0.1) is 0 Å². The number of hydrogen-bond donors (Lipinski definition) is 0. The number of fused-ring (bicyclic) bond motifs is 1. The van der Waals surface area contributed by atoms with Crippen LogP contribution in [0.25, 0.3) is 11.1 Å². The van der Waals surface area contributed by atoms with Gasteiger partial charge in [0, 0.05) is 0 Å². The molecule has 1 heterocycles. The van der Waals surface area contributed by atoms with Gasteiger partial charge in [-0.15, -0.1) is 0 Å². The fourth-order valence-electron chi connectivity index (χ4n) is 2.23. The first-order valence-electron chi connectivity index (χ1n) is 5.85. The van der Waals surface area contributed by atoms with E-state index in [1.165, 1.54) is 16.7 Å². The maximum absolute atomic E-state index is 6.27. The molecule has 0 fully saturated rings. The van der Waals surface area contributed by atoms with Gasteiger partial charge in [0.25, 0.3) is 0 Å². The Labute approximate surface area is 106 Å². The van der Waals surface area contributed by atoms with Gasteiger partial charge in [-0.2, -0.15) is 0 Å². The molecule has 2 aromatic rings. The van der Waals surface area contributed by atoms with Gasteiger partial charge >= 0.3 is 0 Å². The van der Waals surface area contributed by atoms with Crippen molar-refractivity contribution in [2.75, 3.05) is 6.61 Å². The Morgan fingerprint density at radius 3 is 2.65 bits per heavy atom. The average Bonchev–Trinajstić information content (AvgIpc) is 2.40. The summed E-state index contributed by atoms with van der Waals surface area (Å²) in [6.07, 6.45) is 2.12. The van der Waals surface area contributed by atoms with Gasteiger partial charge in [0.05, 0.1) is 11.6 Å². The summed E-state index contributed by atoms with van der Waals surface area (Å²) in [6, 6.07) is 14.5. The highest BCUT2D eigenvalue weighted by atomic mass is 35.5. The van der Waals surface area contributed by atoms with Gasteiger partial charge < -0.3 is 4.74 Å². The van der Waals surface area contributed by atoms with Crippen molar-refractivity contribution in [1.29, 1.82) is 0 Å². The molecule has 0 unspecified atom stereocenters. The van der Waals surface area contributed by atoms with Crippen LogP contribution < -0.4 is 4.74 Å². The summed E-state index contributed by atoms with van der Waals surface area (Å²) < 4.78 is 5.61. The van der Waals surface area contributed by atoms with Crippen molar-refractivity contribution >= 4 is 11.6 Å². The summed E-state index contributed by atoms with van der Waals surface area (Å²) in [5, 5.41) is 0.723. The molecule has 0 radical (unpaired) electrons. The van der Waals surface area contributed by atoms with Gasteiger partial charge in [0.15, 0.2) is 0 Å². The summed E-state index contributed by atoms with van der Waals surface area (Å²) in [5.41, 5.74) is 3.59. The lowest BCUT2D eigenvalue weighted by atomic mass is 9.99. The van der Waals surface area contributed by atoms with Crippen molar-refractivity contribution in [1.82, 2.24) is 0 Å². The quantitative estimate of drug-likeness (QED) is 0.726. The van der Waals surface area contributed by atoms with E-state index in [1.807, 2.05) is 24.3 Å². The number of benzene rings is 2. The minimum atomic E-state index is 0.723. The van der Waals surface area contributed by atoms with Crippen LogP contribution in [-0.2, 0) is 6.42 Å². The highest BCUT2D eigenvalue weighted by Gasteiger charge is 2.15. The van der Waals surface area contributed by atoms with Gasteiger partial charge in [-0.05, 0) is 41.7 Å². The molecule has 86 valence electrons. The third-order valence-corrected chi connectivity index (χ3v) is 3.35. The van der Waals surface area contributed by atoms with Crippen molar-refractivity contribution in [3.05, 3.63) is 53.1 Å². The lowest BCUT2D eigenvalue weighted by Crippen LogP contribution is -2.08. The smallest absolute Gasteiger partial charge is 0.141 e. The minimum absolute atomic E-state index is 0.723. The second-order valence-electron chi connectivity index (χ2n) is 4.26. The second kappa shape index (κ2) is 4.42. The zero-order valence-electron chi connectivity index (χ0n) is 9.45. The lowest BCUT2D eigenvalue weighted by Gasteiger charge is -2.19. The predicted octanol–water partition coefficient (Wildman–Crippen LogP) is 4.33. The van der Waals surface area contributed by atoms with Gasteiger partial charge in [0.2, 0.25) is 0 Å². The van der Waals surface area contributed by atoms with E-state index >= 15 is 0 Å². The van der Waals surface area contributed by atoms with Gasteiger partial charge in [-0.1, -0.05) is 41.9 Å². The third kappa shape index (κ3) is 2.03. The molecule has 0 amide bonds. The maximum Gasteiger partial charge on any atom is 0.141 e. The molecule has 2 aromatic carbocycles. The van der Waals surface area contributed by atoms with Crippen molar-refractivity contribution in [3.63, 3.8) is 0 Å². The Hall–Kier alpha value is -1.47. The Bertz CT molecular complexity index is 534. The fourth-order valence-corrected chi connectivity index (χ4v) is 2.53. The van der Waals surface area contributed by atoms with Crippen molar-refractivity contribution in [2.24, 2.45) is 0 Å². The van der Waals surface area contributed by atoms with Crippen LogP contribution in [-0.4, -0.2) is 6.61 Å².